The van der Waals surface area contributed by atoms with E-state index in [1.807, 2.05) is 16.9 Å². The molecule has 10 nitrogen and oxygen atoms in total. The van der Waals surface area contributed by atoms with Gasteiger partial charge in [0.1, 0.15) is 17.5 Å². The largest absolute Gasteiger partial charge is 0.377 e. The van der Waals surface area contributed by atoms with Crippen molar-refractivity contribution in [3.05, 3.63) is 60.5 Å². The van der Waals surface area contributed by atoms with Crippen LogP contribution in [0, 0.1) is 5.82 Å². The summed E-state index contributed by atoms with van der Waals surface area (Å²) in [5.41, 5.74) is 3.68. The van der Waals surface area contributed by atoms with Crippen LogP contribution in [-0.4, -0.2) is 75.4 Å². The summed E-state index contributed by atoms with van der Waals surface area (Å²) in [6.07, 6.45) is 2.94. The first-order valence-electron chi connectivity index (χ1n) is 12.5. The number of aryl methyl sites for hydroxylation is 1. The molecule has 0 radical (unpaired) electrons. The van der Waals surface area contributed by atoms with Crippen LogP contribution in [0.3, 0.4) is 0 Å². The zero-order chi connectivity index (χ0) is 27.0. The van der Waals surface area contributed by atoms with Crippen molar-refractivity contribution in [2.45, 2.75) is 18.4 Å². The molecular weight excluding hydrogens is 507 g/mol. The van der Waals surface area contributed by atoms with Gasteiger partial charge in [-0.05, 0) is 37.3 Å². The molecule has 0 saturated heterocycles. The molecule has 2 aliphatic heterocycles. The number of hydrogen-bond acceptors (Lipinski definition) is 9. The zero-order valence-electron chi connectivity index (χ0n) is 21.5. The fourth-order valence-electron chi connectivity index (χ4n) is 4.13. The van der Waals surface area contributed by atoms with E-state index in [2.05, 4.69) is 67.5 Å². The van der Waals surface area contributed by atoms with Crippen molar-refractivity contribution in [1.82, 2.24) is 20.4 Å². The van der Waals surface area contributed by atoms with Gasteiger partial charge in [-0.1, -0.05) is 18.2 Å². The minimum Gasteiger partial charge on any atom is -0.377 e. The van der Waals surface area contributed by atoms with E-state index in [-0.39, 0.29) is 10.6 Å². The highest BCUT2D eigenvalue weighted by Crippen LogP contribution is 2.27. The first kappa shape index (κ1) is 27.1. The first-order valence-corrected chi connectivity index (χ1v) is 14.4. The third kappa shape index (κ3) is 7.09. The summed E-state index contributed by atoms with van der Waals surface area (Å²) in [5.74, 6) is 1.30. The highest BCUT2D eigenvalue weighted by molar-refractivity contribution is 7.90. The highest BCUT2D eigenvalue weighted by atomic mass is 32.2. The number of para-hydroxylation sites is 1. The molecule has 0 saturated carbocycles. The summed E-state index contributed by atoms with van der Waals surface area (Å²) < 4.78 is 38.3. The van der Waals surface area contributed by atoms with Gasteiger partial charge in [-0.3, -0.25) is 14.7 Å². The molecule has 2 aromatic carbocycles. The fourth-order valence-corrected chi connectivity index (χ4v) is 4.97. The summed E-state index contributed by atoms with van der Waals surface area (Å²) in [6, 6.07) is 13.9. The van der Waals surface area contributed by atoms with Crippen molar-refractivity contribution in [3.63, 3.8) is 0 Å². The number of nitrogens with one attached hydrogen (secondary N) is 4. The second-order valence-corrected chi connectivity index (χ2v) is 10.7. The van der Waals surface area contributed by atoms with Crippen molar-refractivity contribution >= 4 is 32.9 Å². The van der Waals surface area contributed by atoms with Crippen LogP contribution < -0.4 is 21.3 Å². The number of aromatic nitrogens is 2. The van der Waals surface area contributed by atoms with E-state index in [9.17, 15) is 12.8 Å². The highest BCUT2D eigenvalue weighted by Gasteiger charge is 2.15. The number of halogens is 1. The molecule has 0 bridgehead atoms. The van der Waals surface area contributed by atoms with Crippen molar-refractivity contribution in [3.8, 4) is 11.3 Å². The Kier molecular flexibility index (Phi) is 8.95. The minimum absolute atomic E-state index is 0.0856. The van der Waals surface area contributed by atoms with E-state index in [1.54, 1.807) is 0 Å². The number of nitrogens with zero attached hydrogens (tertiary/aromatic N) is 4. The molecule has 0 amide bonds. The van der Waals surface area contributed by atoms with E-state index in [1.165, 1.54) is 17.7 Å². The maximum absolute atomic E-state index is 13.2. The average molecular weight is 541 g/mol. The molecule has 12 heteroatoms. The number of sulfone groups is 1. The minimum atomic E-state index is -3.39. The predicted octanol–water partition coefficient (Wildman–Crippen LogP) is 2.63. The molecule has 5 rings (SSSR count). The number of benzene rings is 2. The van der Waals surface area contributed by atoms with Gasteiger partial charge in [0, 0.05) is 43.3 Å². The number of amidine groups is 2. The molecule has 3 aromatic rings. The van der Waals surface area contributed by atoms with Gasteiger partial charge < -0.3 is 21.3 Å². The Hall–Kier alpha value is -3.93. The van der Waals surface area contributed by atoms with Crippen LogP contribution in [-0.2, 0) is 16.4 Å². The molecule has 3 heterocycles. The maximum atomic E-state index is 13.2. The smallest absolute Gasteiger partial charge is 0.177 e. The Labute approximate surface area is 222 Å². The summed E-state index contributed by atoms with van der Waals surface area (Å²) in [5, 5.41) is 17.0. The molecule has 0 unspecified atom stereocenters. The van der Waals surface area contributed by atoms with Gasteiger partial charge in [0.15, 0.2) is 9.84 Å². The Morgan fingerprint density at radius 2 is 1.61 bits per heavy atom. The molecule has 0 fully saturated rings. The maximum Gasteiger partial charge on any atom is 0.177 e. The first-order chi connectivity index (χ1) is 18.3. The SMILES string of the molecule is CCn1nccc1-c1ccccc1NCC1=NCCN1.CS(=O)(=O)c1ccc(F)cc1NCC1=NCCN1. The van der Waals surface area contributed by atoms with Crippen molar-refractivity contribution in [1.29, 1.82) is 0 Å². The van der Waals surface area contributed by atoms with Crippen LogP contribution in [0.25, 0.3) is 11.3 Å². The number of rotatable bonds is 9. The number of aliphatic imine (C=N–C) groups is 2. The van der Waals surface area contributed by atoms with E-state index in [0.717, 1.165) is 68.1 Å². The number of anilines is 2. The molecule has 202 valence electrons. The Morgan fingerprint density at radius 1 is 0.947 bits per heavy atom. The van der Waals surface area contributed by atoms with Gasteiger partial charge in [0.2, 0.25) is 0 Å². The van der Waals surface area contributed by atoms with Gasteiger partial charge in [-0.25, -0.2) is 12.8 Å². The van der Waals surface area contributed by atoms with Gasteiger partial charge in [0.05, 0.1) is 42.5 Å². The van der Waals surface area contributed by atoms with E-state index in [0.29, 0.717) is 13.1 Å². The van der Waals surface area contributed by atoms with Crippen molar-refractivity contribution in [2.24, 2.45) is 9.98 Å². The molecule has 0 atom stereocenters. The molecule has 0 aliphatic carbocycles. The van der Waals surface area contributed by atoms with Crippen molar-refractivity contribution < 1.29 is 12.8 Å². The summed E-state index contributed by atoms with van der Waals surface area (Å²) in [4.78, 5) is 8.65. The molecule has 4 N–H and O–H groups in total. The number of hydrogen-bond donors (Lipinski definition) is 4. The van der Waals surface area contributed by atoms with E-state index < -0.39 is 15.7 Å². The summed E-state index contributed by atoms with van der Waals surface area (Å²) >= 11 is 0. The lowest BCUT2D eigenvalue weighted by Gasteiger charge is -2.13. The summed E-state index contributed by atoms with van der Waals surface area (Å²) in [6.45, 7) is 7.36. The third-order valence-corrected chi connectivity index (χ3v) is 7.09. The lowest BCUT2D eigenvalue weighted by molar-refractivity contribution is 0.601. The second kappa shape index (κ2) is 12.5. The third-order valence-electron chi connectivity index (χ3n) is 5.94. The van der Waals surface area contributed by atoms with Gasteiger partial charge >= 0.3 is 0 Å². The van der Waals surface area contributed by atoms with Gasteiger partial charge in [-0.2, -0.15) is 5.10 Å². The van der Waals surface area contributed by atoms with Crippen LogP contribution in [0.1, 0.15) is 6.92 Å². The molecular formula is C26H33FN8O2S. The standard InChI is InChI=1S/C15H19N5.C11H14FN3O2S/c1-2-20-14(7-8-19-20)12-5-3-4-6-13(12)18-11-15-16-9-10-17-15;1-18(16,17)10-3-2-8(12)6-9(10)15-7-11-13-4-5-14-11/h3-8,18H,2,9-11H2,1H3,(H,16,17);2-3,6,15H,4-5,7H2,1H3,(H,13,14). The van der Waals surface area contributed by atoms with Gasteiger partial charge in [-0.15, -0.1) is 0 Å². The van der Waals surface area contributed by atoms with Crippen molar-refractivity contribution in [2.75, 3.05) is 56.2 Å². The summed E-state index contributed by atoms with van der Waals surface area (Å²) in [7, 11) is -3.39. The molecule has 38 heavy (non-hydrogen) atoms. The molecule has 0 spiro atoms. The fraction of sp³-hybridized carbons (Fsp3) is 0.346. The van der Waals surface area contributed by atoms with Crippen LogP contribution >= 0.6 is 0 Å². The van der Waals surface area contributed by atoms with E-state index in [4.69, 9.17) is 0 Å². The van der Waals surface area contributed by atoms with Crippen LogP contribution in [0.15, 0.2) is 69.6 Å². The zero-order valence-corrected chi connectivity index (χ0v) is 22.4. The lowest BCUT2D eigenvalue weighted by atomic mass is 10.1. The predicted molar refractivity (Wildman–Crippen MR) is 150 cm³/mol. The Bertz CT molecular complexity index is 1420. The molecule has 1 aromatic heterocycles. The van der Waals surface area contributed by atoms with Crippen LogP contribution in [0.4, 0.5) is 15.8 Å². The van der Waals surface area contributed by atoms with E-state index >= 15 is 0 Å². The van der Waals surface area contributed by atoms with Crippen LogP contribution in [0.2, 0.25) is 0 Å². The average Bonchev–Trinajstić information content (AvgIpc) is 3.69. The quantitative estimate of drug-likeness (QED) is 0.308. The normalized spacial score (nSPS) is 14.5. The van der Waals surface area contributed by atoms with Gasteiger partial charge in [0.25, 0.3) is 0 Å². The monoisotopic (exact) mass is 540 g/mol. The topological polar surface area (TPSA) is 125 Å². The second-order valence-electron chi connectivity index (χ2n) is 8.71. The molecule has 2 aliphatic rings. The Morgan fingerprint density at radius 3 is 2.21 bits per heavy atom. The lowest BCUT2D eigenvalue weighted by Crippen LogP contribution is -2.26. The Balaban J connectivity index is 0.000000178. The van der Waals surface area contributed by atoms with Crippen LogP contribution in [0.5, 0.6) is 0 Å².